The van der Waals surface area contributed by atoms with Gasteiger partial charge in [-0.05, 0) is 24.8 Å². The number of ether oxygens (including phenoxy) is 1. The van der Waals surface area contributed by atoms with Gasteiger partial charge in [0.05, 0.1) is 24.8 Å². The van der Waals surface area contributed by atoms with E-state index >= 15 is 0 Å². The molecule has 0 spiro atoms. The molecule has 1 saturated carbocycles. The molecular weight excluding hydrogens is 300 g/mol. The number of aliphatic hydroxyl groups is 2. The maximum absolute atomic E-state index is 11.7. The Morgan fingerprint density at radius 3 is 2.43 bits per heavy atom. The van der Waals surface area contributed by atoms with E-state index in [1.54, 1.807) is 0 Å². The van der Waals surface area contributed by atoms with Crippen LogP contribution in [0.4, 0.5) is 4.79 Å². The molecule has 0 saturated heterocycles. The highest BCUT2D eigenvalue weighted by Crippen LogP contribution is 2.18. The molecular formula is C16H22N2O5. The van der Waals surface area contributed by atoms with Gasteiger partial charge in [-0.1, -0.05) is 30.3 Å². The first kappa shape index (κ1) is 17.4. The number of hydrogen-bond acceptors (Lipinski definition) is 6. The average molecular weight is 322 g/mol. The minimum Gasteiger partial charge on any atom is -0.444 e. The van der Waals surface area contributed by atoms with E-state index in [1.165, 1.54) is 0 Å². The summed E-state index contributed by atoms with van der Waals surface area (Å²) in [7, 11) is 0. The van der Waals surface area contributed by atoms with Crippen LogP contribution < -0.4 is 10.6 Å². The largest absolute Gasteiger partial charge is 0.444 e. The van der Waals surface area contributed by atoms with Gasteiger partial charge in [0.15, 0.2) is 0 Å². The van der Waals surface area contributed by atoms with Crippen LogP contribution >= 0.6 is 0 Å². The van der Waals surface area contributed by atoms with E-state index in [0.717, 1.165) is 12.0 Å². The van der Waals surface area contributed by atoms with Crippen LogP contribution in [0.15, 0.2) is 30.3 Å². The van der Waals surface area contributed by atoms with Gasteiger partial charge in [0, 0.05) is 0 Å². The Labute approximate surface area is 134 Å². The van der Waals surface area contributed by atoms with Gasteiger partial charge in [-0.3, -0.25) is 10.1 Å². The van der Waals surface area contributed by atoms with Crippen molar-refractivity contribution in [2.75, 3.05) is 6.54 Å². The first-order valence-corrected chi connectivity index (χ1v) is 7.66. The lowest BCUT2D eigenvalue weighted by Crippen LogP contribution is -2.53. The maximum Gasteiger partial charge on any atom is 0.414 e. The highest BCUT2D eigenvalue weighted by Gasteiger charge is 2.30. The van der Waals surface area contributed by atoms with E-state index in [0.29, 0.717) is 12.8 Å². The zero-order valence-corrected chi connectivity index (χ0v) is 12.8. The summed E-state index contributed by atoms with van der Waals surface area (Å²) in [4.78, 5) is 23.2. The number of carbonyl (C=O) groups is 2. The molecule has 2 atom stereocenters. The van der Waals surface area contributed by atoms with Gasteiger partial charge in [-0.15, -0.1) is 0 Å². The molecule has 1 fully saturated rings. The minimum absolute atomic E-state index is 0.0768. The van der Waals surface area contributed by atoms with Crippen LogP contribution in [0.5, 0.6) is 0 Å². The van der Waals surface area contributed by atoms with E-state index in [4.69, 9.17) is 4.74 Å². The molecule has 0 bridgehead atoms. The molecule has 0 aliphatic heterocycles. The van der Waals surface area contributed by atoms with Crippen molar-refractivity contribution in [3.8, 4) is 0 Å². The van der Waals surface area contributed by atoms with Crippen molar-refractivity contribution >= 4 is 12.0 Å². The molecule has 2 rings (SSSR count). The average Bonchev–Trinajstić information content (AvgIpc) is 2.53. The lowest BCUT2D eigenvalue weighted by Gasteiger charge is -2.32. The number of hydrogen-bond donors (Lipinski definition) is 4. The van der Waals surface area contributed by atoms with Gasteiger partial charge in [-0.2, -0.15) is 0 Å². The third-order valence-electron chi connectivity index (χ3n) is 3.78. The molecule has 23 heavy (non-hydrogen) atoms. The summed E-state index contributed by atoms with van der Waals surface area (Å²) in [6.07, 6.45) is -0.317. The molecule has 1 aromatic rings. The number of carbonyl (C=O) groups excluding carboxylic acids is 2. The van der Waals surface area contributed by atoms with Crippen LogP contribution in [-0.4, -0.2) is 47.0 Å². The zero-order chi connectivity index (χ0) is 16.7. The van der Waals surface area contributed by atoms with Crippen molar-refractivity contribution in [1.82, 2.24) is 10.6 Å². The summed E-state index contributed by atoms with van der Waals surface area (Å²) >= 11 is 0. The van der Waals surface area contributed by atoms with E-state index < -0.39 is 30.3 Å². The number of alkyl carbamates (subject to hydrolysis) is 1. The molecule has 7 heteroatoms. The molecule has 7 nitrogen and oxygen atoms in total. The summed E-state index contributed by atoms with van der Waals surface area (Å²) in [5.74, 6) is -0.576. The quantitative estimate of drug-likeness (QED) is 0.621. The smallest absolute Gasteiger partial charge is 0.414 e. The zero-order valence-electron chi connectivity index (χ0n) is 12.8. The SMILES string of the molecule is O=C(CNC1C(O)CCCC1O)NC(=O)OCc1ccccc1. The van der Waals surface area contributed by atoms with Crippen LogP contribution in [0, 0.1) is 0 Å². The molecule has 1 aromatic carbocycles. The van der Waals surface area contributed by atoms with E-state index in [1.807, 2.05) is 30.3 Å². The Morgan fingerprint density at radius 2 is 1.78 bits per heavy atom. The Balaban J connectivity index is 1.68. The van der Waals surface area contributed by atoms with Gasteiger partial charge in [0.2, 0.25) is 5.91 Å². The Bertz CT molecular complexity index is 512. The predicted octanol–water partition coefficient (Wildman–Crippen LogP) is 0.303. The van der Waals surface area contributed by atoms with Crippen molar-refractivity contribution < 1.29 is 24.5 Å². The van der Waals surface area contributed by atoms with Crippen LogP contribution in [-0.2, 0) is 16.1 Å². The number of aliphatic hydroxyl groups excluding tert-OH is 2. The van der Waals surface area contributed by atoms with E-state index in [2.05, 4.69) is 10.6 Å². The lowest BCUT2D eigenvalue weighted by molar-refractivity contribution is -0.120. The molecule has 2 amide bonds. The second-order valence-electron chi connectivity index (χ2n) is 5.58. The number of rotatable bonds is 5. The number of amides is 2. The molecule has 0 aromatic heterocycles. The second kappa shape index (κ2) is 8.61. The maximum atomic E-state index is 11.7. The molecule has 1 aliphatic rings. The molecule has 2 unspecified atom stereocenters. The van der Waals surface area contributed by atoms with Crippen LogP contribution in [0.3, 0.4) is 0 Å². The van der Waals surface area contributed by atoms with Gasteiger partial charge < -0.3 is 20.3 Å². The van der Waals surface area contributed by atoms with Crippen molar-refractivity contribution in [3.05, 3.63) is 35.9 Å². The van der Waals surface area contributed by atoms with E-state index in [9.17, 15) is 19.8 Å². The molecule has 0 heterocycles. The van der Waals surface area contributed by atoms with Crippen LogP contribution in [0.25, 0.3) is 0 Å². The first-order valence-electron chi connectivity index (χ1n) is 7.66. The van der Waals surface area contributed by atoms with Crippen LogP contribution in [0.2, 0.25) is 0 Å². The minimum atomic E-state index is -0.828. The third kappa shape index (κ3) is 5.63. The Hall–Kier alpha value is -1.96. The monoisotopic (exact) mass is 322 g/mol. The Kier molecular flexibility index (Phi) is 6.52. The van der Waals surface area contributed by atoms with Crippen molar-refractivity contribution in [2.45, 2.75) is 44.1 Å². The summed E-state index contributed by atoms with van der Waals surface area (Å²) in [6, 6.07) is 8.56. The first-order chi connectivity index (χ1) is 11.1. The highest BCUT2D eigenvalue weighted by molar-refractivity contribution is 5.92. The second-order valence-corrected chi connectivity index (χ2v) is 5.58. The molecule has 0 radical (unpaired) electrons. The van der Waals surface area contributed by atoms with Crippen molar-refractivity contribution in [1.29, 1.82) is 0 Å². The Morgan fingerprint density at radius 1 is 1.13 bits per heavy atom. The van der Waals surface area contributed by atoms with Gasteiger partial charge in [0.25, 0.3) is 0 Å². The van der Waals surface area contributed by atoms with Gasteiger partial charge in [0.1, 0.15) is 6.61 Å². The number of benzene rings is 1. The predicted molar refractivity (Wildman–Crippen MR) is 82.4 cm³/mol. The number of imide groups is 1. The molecule has 126 valence electrons. The van der Waals surface area contributed by atoms with Gasteiger partial charge >= 0.3 is 6.09 Å². The summed E-state index contributed by atoms with van der Waals surface area (Å²) in [5, 5.41) is 24.5. The van der Waals surface area contributed by atoms with Crippen molar-refractivity contribution in [2.24, 2.45) is 0 Å². The highest BCUT2D eigenvalue weighted by atomic mass is 16.5. The summed E-state index contributed by atoms with van der Waals surface area (Å²) in [6.45, 7) is -0.105. The van der Waals surface area contributed by atoms with Crippen LogP contribution in [0.1, 0.15) is 24.8 Å². The molecule has 1 aliphatic carbocycles. The summed E-state index contributed by atoms with van der Waals surface area (Å²) in [5.41, 5.74) is 0.821. The lowest BCUT2D eigenvalue weighted by atomic mass is 9.90. The van der Waals surface area contributed by atoms with Gasteiger partial charge in [-0.25, -0.2) is 4.79 Å². The topological polar surface area (TPSA) is 108 Å². The third-order valence-corrected chi connectivity index (χ3v) is 3.78. The standard InChI is InChI=1S/C16H22N2O5/c19-12-7-4-8-13(20)15(12)17-9-14(21)18-16(22)23-10-11-5-2-1-3-6-11/h1-3,5-6,12-13,15,17,19-20H,4,7-10H2,(H,18,21,22). The fraction of sp³-hybridized carbons (Fsp3) is 0.500. The fourth-order valence-electron chi connectivity index (χ4n) is 2.55. The van der Waals surface area contributed by atoms with Crippen molar-refractivity contribution in [3.63, 3.8) is 0 Å². The fourth-order valence-corrected chi connectivity index (χ4v) is 2.55. The number of nitrogens with one attached hydrogen (secondary N) is 2. The summed E-state index contributed by atoms with van der Waals surface area (Å²) < 4.78 is 4.94. The van der Waals surface area contributed by atoms with E-state index in [-0.39, 0.29) is 13.2 Å². The molecule has 4 N–H and O–H groups in total. The normalized spacial score (nSPS) is 24.0.